The van der Waals surface area contributed by atoms with Crippen LogP contribution in [-0.2, 0) is 25.8 Å². The van der Waals surface area contributed by atoms with Gasteiger partial charge in [0.2, 0.25) is 20.0 Å². The van der Waals surface area contributed by atoms with Crippen molar-refractivity contribution in [2.75, 3.05) is 26.2 Å². The normalized spacial score (nSPS) is 17.1. The molecule has 0 bridgehead atoms. The zero-order valence-corrected chi connectivity index (χ0v) is 17.1. The number of hydrogen-bond donors (Lipinski definition) is 0. The Morgan fingerprint density at radius 3 is 1.93 bits per heavy atom. The fourth-order valence-corrected chi connectivity index (χ4v) is 6.15. The maximum atomic E-state index is 12.7. The maximum absolute atomic E-state index is 12.7. The molecule has 6 nitrogen and oxygen atoms in total. The van der Waals surface area contributed by atoms with Crippen molar-refractivity contribution >= 4 is 20.0 Å². The van der Waals surface area contributed by atoms with Gasteiger partial charge in [-0.05, 0) is 37.1 Å². The molecule has 1 saturated heterocycles. The van der Waals surface area contributed by atoms with Crippen LogP contribution in [0.2, 0.25) is 0 Å². The van der Waals surface area contributed by atoms with E-state index in [1.807, 2.05) is 38.1 Å². The van der Waals surface area contributed by atoms with Crippen molar-refractivity contribution < 1.29 is 16.8 Å². The minimum absolute atomic E-state index is 0.0651. The molecule has 0 radical (unpaired) electrons. The van der Waals surface area contributed by atoms with Crippen molar-refractivity contribution in [2.24, 2.45) is 0 Å². The van der Waals surface area contributed by atoms with E-state index < -0.39 is 20.0 Å². The molecule has 146 valence electrons. The van der Waals surface area contributed by atoms with Gasteiger partial charge in [0.1, 0.15) is 0 Å². The average Bonchev–Trinajstić information content (AvgIpc) is 2.64. The summed E-state index contributed by atoms with van der Waals surface area (Å²) in [7, 11) is -7.09. The molecular formula is C19H24N2O4S2. The van der Waals surface area contributed by atoms with Crippen LogP contribution in [0.3, 0.4) is 0 Å². The Balaban J connectivity index is 1.69. The molecule has 2 aromatic carbocycles. The fourth-order valence-electron chi connectivity index (χ4n) is 3.11. The third-order valence-electron chi connectivity index (χ3n) is 4.85. The maximum Gasteiger partial charge on any atom is 0.243 e. The summed E-state index contributed by atoms with van der Waals surface area (Å²) in [6.45, 7) is 4.43. The Morgan fingerprint density at radius 2 is 1.33 bits per heavy atom. The van der Waals surface area contributed by atoms with Crippen molar-refractivity contribution in [1.29, 1.82) is 0 Å². The lowest BCUT2D eigenvalue weighted by atomic mass is 10.1. The SMILES string of the molecule is Cc1ccc(S(=O)(=O)N2CCN(S(=O)(=O)Cc3ccccc3C)CC2)cc1. The average molecular weight is 409 g/mol. The van der Waals surface area contributed by atoms with Gasteiger partial charge in [-0.1, -0.05) is 42.0 Å². The van der Waals surface area contributed by atoms with Gasteiger partial charge < -0.3 is 0 Å². The Morgan fingerprint density at radius 1 is 0.778 bits per heavy atom. The van der Waals surface area contributed by atoms with Crippen LogP contribution in [0.1, 0.15) is 16.7 Å². The van der Waals surface area contributed by atoms with Crippen LogP contribution < -0.4 is 0 Å². The Bertz CT molecular complexity index is 1010. The van der Waals surface area contributed by atoms with Gasteiger partial charge in [-0.2, -0.15) is 8.61 Å². The van der Waals surface area contributed by atoms with Crippen LogP contribution in [0.15, 0.2) is 53.4 Å². The first-order valence-electron chi connectivity index (χ1n) is 8.79. The number of hydrogen-bond acceptors (Lipinski definition) is 4. The number of rotatable bonds is 5. The highest BCUT2D eigenvalue weighted by Gasteiger charge is 2.33. The number of nitrogens with zero attached hydrogens (tertiary/aromatic N) is 2. The Kier molecular flexibility index (Phi) is 5.71. The topological polar surface area (TPSA) is 74.8 Å². The summed E-state index contributed by atoms with van der Waals surface area (Å²) in [5.74, 6) is -0.0651. The van der Waals surface area contributed by atoms with Gasteiger partial charge in [-0.25, -0.2) is 16.8 Å². The summed E-state index contributed by atoms with van der Waals surface area (Å²) in [6.07, 6.45) is 0. The lowest BCUT2D eigenvalue weighted by Crippen LogP contribution is -2.50. The van der Waals surface area contributed by atoms with Gasteiger partial charge in [-0.15, -0.1) is 0 Å². The van der Waals surface area contributed by atoms with E-state index in [-0.39, 0.29) is 36.8 Å². The molecule has 0 unspecified atom stereocenters. The lowest BCUT2D eigenvalue weighted by Gasteiger charge is -2.33. The number of sulfonamides is 2. The Hall–Kier alpha value is -1.74. The molecule has 0 aromatic heterocycles. The van der Waals surface area contributed by atoms with Crippen LogP contribution >= 0.6 is 0 Å². The zero-order chi connectivity index (χ0) is 19.7. The first kappa shape index (κ1) is 20.0. The summed E-state index contributed by atoms with van der Waals surface area (Å²) < 4.78 is 53.7. The second-order valence-electron chi connectivity index (χ2n) is 6.80. The van der Waals surface area contributed by atoms with Gasteiger partial charge >= 0.3 is 0 Å². The molecule has 1 heterocycles. The van der Waals surface area contributed by atoms with E-state index in [9.17, 15) is 16.8 Å². The third-order valence-corrected chi connectivity index (χ3v) is 8.59. The summed E-state index contributed by atoms with van der Waals surface area (Å²) in [4.78, 5) is 0.240. The van der Waals surface area contributed by atoms with E-state index in [4.69, 9.17) is 0 Å². The van der Waals surface area contributed by atoms with E-state index in [1.54, 1.807) is 24.3 Å². The van der Waals surface area contributed by atoms with Gasteiger partial charge in [0, 0.05) is 26.2 Å². The number of aryl methyl sites for hydroxylation is 2. The Labute approximate surface area is 161 Å². The van der Waals surface area contributed by atoms with E-state index in [1.165, 1.54) is 8.61 Å². The molecule has 0 N–H and O–H groups in total. The minimum atomic E-state index is -3.60. The molecule has 1 aliphatic heterocycles. The largest absolute Gasteiger partial charge is 0.243 e. The highest BCUT2D eigenvalue weighted by Crippen LogP contribution is 2.21. The molecule has 0 atom stereocenters. The number of piperazine rings is 1. The smallest absolute Gasteiger partial charge is 0.212 e. The lowest BCUT2D eigenvalue weighted by molar-refractivity contribution is 0.272. The van der Waals surface area contributed by atoms with Crippen LogP contribution in [0.4, 0.5) is 0 Å². The molecule has 1 fully saturated rings. The van der Waals surface area contributed by atoms with Crippen molar-refractivity contribution in [3.63, 3.8) is 0 Å². The number of benzene rings is 2. The van der Waals surface area contributed by atoms with Crippen LogP contribution in [0.25, 0.3) is 0 Å². The van der Waals surface area contributed by atoms with Crippen LogP contribution in [0.5, 0.6) is 0 Å². The standard InChI is InChI=1S/C19H24N2O4S2/c1-16-7-9-19(10-8-16)27(24,25)21-13-11-20(12-14-21)26(22,23)15-18-6-4-3-5-17(18)2/h3-10H,11-15H2,1-2H3. The zero-order valence-electron chi connectivity index (χ0n) is 15.5. The predicted molar refractivity (Wildman–Crippen MR) is 105 cm³/mol. The van der Waals surface area contributed by atoms with Crippen molar-refractivity contribution in [2.45, 2.75) is 24.5 Å². The van der Waals surface area contributed by atoms with E-state index in [0.29, 0.717) is 0 Å². The van der Waals surface area contributed by atoms with Crippen molar-refractivity contribution in [3.05, 3.63) is 65.2 Å². The van der Waals surface area contributed by atoms with Gasteiger partial charge in [-0.3, -0.25) is 0 Å². The van der Waals surface area contributed by atoms with Crippen LogP contribution in [0, 0.1) is 13.8 Å². The second-order valence-corrected chi connectivity index (χ2v) is 10.7. The predicted octanol–water partition coefficient (Wildman–Crippen LogP) is 2.14. The van der Waals surface area contributed by atoms with Crippen molar-refractivity contribution in [1.82, 2.24) is 8.61 Å². The molecule has 0 aliphatic carbocycles. The van der Waals surface area contributed by atoms with Gasteiger partial charge in [0.25, 0.3) is 0 Å². The molecule has 8 heteroatoms. The van der Waals surface area contributed by atoms with E-state index in [2.05, 4.69) is 0 Å². The molecule has 0 amide bonds. The summed E-state index contributed by atoms with van der Waals surface area (Å²) in [5.41, 5.74) is 2.69. The van der Waals surface area contributed by atoms with Gasteiger partial charge in [0.15, 0.2) is 0 Å². The fraction of sp³-hybridized carbons (Fsp3) is 0.368. The quantitative estimate of drug-likeness (QED) is 0.760. The molecule has 2 aromatic rings. The van der Waals surface area contributed by atoms with Gasteiger partial charge in [0.05, 0.1) is 10.6 Å². The summed E-state index contributed by atoms with van der Waals surface area (Å²) >= 11 is 0. The third kappa shape index (κ3) is 4.40. The first-order valence-corrected chi connectivity index (χ1v) is 11.8. The molecular weight excluding hydrogens is 384 g/mol. The summed E-state index contributed by atoms with van der Waals surface area (Å²) in [6, 6.07) is 14.1. The van der Waals surface area contributed by atoms with Crippen molar-refractivity contribution in [3.8, 4) is 0 Å². The molecule has 0 saturated carbocycles. The highest BCUT2D eigenvalue weighted by molar-refractivity contribution is 7.89. The minimum Gasteiger partial charge on any atom is -0.212 e. The van der Waals surface area contributed by atoms with Crippen LogP contribution in [-0.4, -0.2) is 51.6 Å². The monoisotopic (exact) mass is 408 g/mol. The van der Waals surface area contributed by atoms with E-state index >= 15 is 0 Å². The van der Waals surface area contributed by atoms with E-state index in [0.717, 1.165) is 16.7 Å². The summed E-state index contributed by atoms with van der Waals surface area (Å²) in [5, 5.41) is 0. The molecule has 3 rings (SSSR count). The molecule has 1 aliphatic rings. The highest BCUT2D eigenvalue weighted by atomic mass is 32.2. The second kappa shape index (κ2) is 7.71. The first-order chi connectivity index (χ1) is 12.7. The molecule has 0 spiro atoms. The molecule has 27 heavy (non-hydrogen) atoms.